The molecule has 4 nitrogen and oxygen atoms in total. The molecule has 134 valence electrons. The second-order valence-corrected chi connectivity index (χ2v) is 5.93. The SMILES string of the molecule is CC(=O)[C@@H](CN1CCC(O)CC1)c1ccc(OC(F)(F)F)c(F)c1. The Labute approximate surface area is 137 Å². The Bertz CT molecular complexity index is 583. The molecule has 1 aliphatic rings. The smallest absolute Gasteiger partial charge is 0.403 e. The Balaban J connectivity index is 2.13. The summed E-state index contributed by atoms with van der Waals surface area (Å²) in [6.45, 7) is 2.92. The highest BCUT2D eigenvalue weighted by molar-refractivity contribution is 5.83. The molecule has 0 spiro atoms. The third kappa shape index (κ3) is 5.17. The first-order valence-electron chi connectivity index (χ1n) is 7.62. The van der Waals surface area contributed by atoms with Gasteiger partial charge in [-0.1, -0.05) is 6.07 Å². The van der Waals surface area contributed by atoms with Crippen LogP contribution in [0.4, 0.5) is 17.6 Å². The quantitative estimate of drug-likeness (QED) is 0.831. The number of halogens is 4. The zero-order valence-electron chi connectivity index (χ0n) is 13.1. The van der Waals surface area contributed by atoms with Gasteiger partial charge in [0.15, 0.2) is 11.6 Å². The van der Waals surface area contributed by atoms with Crippen LogP contribution in [0.5, 0.6) is 5.75 Å². The fourth-order valence-electron chi connectivity index (χ4n) is 2.77. The third-order valence-electron chi connectivity index (χ3n) is 4.07. The lowest BCUT2D eigenvalue weighted by atomic mass is 9.93. The van der Waals surface area contributed by atoms with E-state index in [1.807, 2.05) is 4.90 Å². The summed E-state index contributed by atoms with van der Waals surface area (Å²) in [5.41, 5.74) is 0.306. The van der Waals surface area contributed by atoms with E-state index < -0.39 is 23.8 Å². The van der Waals surface area contributed by atoms with Gasteiger partial charge in [0.1, 0.15) is 5.78 Å². The molecule has 1 atom stereocenters. The summed E-state index contributed by atoms with van der Waals surface area (Å²) in [7, 11) is 0. The van der Waals surface area contributed by atoms with Gasteiger partial charge in [-0.2, -0.15) is 0 Å². The van der Waals surface area contributed by atoms with E-state index in [0.29, 0.717) is 38.0 Å². The minimum absolute atomic E-state index is 0.204. The number of likely N-dealkylation sites (tertiary alicyclic amines) is 1. The number of carbonyl (C=O) groups excluding carboxylic acids is 1. The van der Waals surface area contributed by atoms with Crippen LogP contribution in [0.2, 0.25) is 0 Å². The predicted molar refractivity (Wildman–Crippen MR) is 78.2 cm³/mol. The van der Waals surface area contributed by atoms with Crippen molar-refractivity contribution in [2.75, 3.05) is 19.6 Å². The summed E-state index contributed by atoms with van der Waals surface area (Å²) in [6, 6.07) is 3.06. The first-order chi connectivity index (χ1) is 11.2. The standard InChI is InChI=1S/C16H19F4NO3/c1-10(22)13(9-21-6-4-12(23)5-7-21)11-2-3-15(14(17)8-11)24-16(18,19)20/h2-3,8,12-13,23H,4-7,9H2,1H3/t13-/m1/s1. The molecule has 0 bridgehead atoms. The number of ether oxygens (including phenoxy) is 1. The zero-order valence-corrected chi connectivity index (χ0v) is 13.1. The Hall–Kier alpha value is -1.67. The number of hydrogen-bond acceptors (Lipinski definition) is 4. The van der Waals surface area contributed by atoms with Crippen molar-refractivity contribution < 1.29 is 32.2 Å². The molecular weight excluding hydrogens is 330 g/mol. The number of Topliss-reactive ketones (excluding diaryl/α,β-unsaturated/α-hetero) is 1. The number of benzene rings is 1. The summed E-state index contributed by atoms with van der Waals surface area (Å²) >= 11 is 0. The summed E-state index contributed by atoms with van der Waals surface area (Å²) in [4.78, 5) is 13.9. The molecular formula is C16H19F4NO3. The van der Waals surface area contributed by atoms with Crippen molar-refractivity contribution in [2.24, 2.45) is 0 Å². The fourth-order valence-corrected chi connectivity index (χ4v) is 2.77. The maximum atomic E-state index is 13.9. The lowest BCUT2D eigenvalue weighted by Gasteiger charge is -2.32. The number of alkyl halides is 3. The largest absolute Gasteiger partial charge is 0.573 e. The van der Waals surface area contributed by atoms with Gasteiger partial charge >= 0.3 is 6.36 Å². The highest BCUT2D eigenvalue weighted by atomic mass is 19.4. The molecule has 0 aliphatic carbocycles. The van der Waals surface area contributed by atoms with Crippen LogP contribution in [0.3, 0.4) is 0 Å². The molecule has 1 aromatic rings. The molecule has 0 amide bonds. The highest BCUT2D eigenvalue weighted by Crippen LogP contribution is 2.29. The topological polar surface area (TPSA) is 49.8 Å². The van der Waals surface area contributed by atoms with Crippen molar-refractivity contribution in [1.29, 1.82) is 0 Å². The summed E-state index contributed by atoms with van der Waals surface area (Å²) in [6.07, 6.45) is -4.14. The second-order valence-electron chi connectivity index (χ2n) is 5.93. The monoisotopic (exact) mass is 349 g/mol. The molecule has 0 radical (unpaired) electrons. The van der Waals surface area contributed by atoms with Crippen LogP contribution in [0.25, 0.3) is 0 Å². The van der Waals surface area contributed by atoms with Gasteiger partial charge < -0.3 is 14.7 Å². The lowest BCUT2D eigenvalue weighted by Crippen LogP contribution is -2.39. The van der Waals surface area contributed by atoms with Crippen LogP contribution in [-0.2, 0) is 4.79 Å². The van der Waals surface area contributed by atoms with Gasteiger partial charge in [0.25, 0.3) is 0 Å². The third-order valence-corrected chi connectivity index (χ3v) is 4.07. The van der Waals surface area contributed by atoms with Crippen molar-refractivity contribution >= 4 is 5.78 Å². The van der Waals surface area contributed by atoms with E-state index >= 15 is 0 Å². The van der Waals surface area contributed by atoms with Crippen LogP contribution >= 0.6 is 0 Å². The molecule has 2 rings (SSSR count). The van der Waals surface area contributed by atoms with E-state index in [4.69, 9.17) is 0 Å². The number of aliphatic hydroxyl groups excluding tert-OH is 1. The molecule has 8 heteroatoms. The van der Waals surface area contributed by atoms with E-state index in [1.54, 1.807) is 0 Å². The van der Waals surface area contributed by atoms with Gasteiger partial charge in [-0.3, -0.25) is 4.79 Å². The van der Waals surface area contributed by atoms with Crippen molar-refractivity contribution in [3.8, 4) is 5.75 Å². The van der Waals surface area contributed by atoms with Crippen LogP contribution in [-0.4, -0.2) is 47.9 Å². The van der Waals surface area contributed by atoms with Crippen LogP contribution in [0, 0.1) is 5.82 Å². The molecule has 1 N–H and O–H groups in total. The average Bonchev–Trinajstić information content (AvgIpc) is 2.47. The number of piperidine rings is 1. The van der Waals surface area contributed by atoms with Crippen molar-refractivity contribution in [3.63, 3.8) is 0 Å². The predicted octanol–water partition coefficient (Wildman–Crippen LogP) is 2.85. The fraction of sp³-hybridized carbons (Fsp3) is 0.562. The summed E-state index contributed by atoms with van der Waals surface area (Å²) in [5, 5.41) is 9.50. The molecule has 1 fully saturated rings. The number of nitrogens with zero attached hydrogens (tertiary/aromatic N) is 1. The minimum atomic E-state index is -4.98. The molecule has 1 aromatic carbocycles. The highest BCUT2D eigenvalue weighted by Gasteiger charge is 2.33. The Morgan fingerprint density at radius 1 is 1.38 bits per heavy atom. The summed E-state index contributed by atoms with van der Waals surface area (Å²) in [5.74, 6) is -2.93. The first kappa shape index (κ1) is 18.7. The van der Waals surface area contributed by atoms with Crippen LogP contribution in [0.1, 0.15) is 31.2 Å². The lowest BCUT2D eigenvalue weighted by molar-refractivity contribution is -0.275. The van der Waals surface area contributed by atoms with E-state index in [1.165, 1.54) is 13.0 Å². The minimum Gasteiger partial charge on any atom is -0.403 e. The van der Waals surface area contributed by atoms with Gasteiger partial charge in [-0.05, 0) is 37.5 Å². The molecule has 0 unspecified atom stereocenters. The Morgan fingerprint density at radius 2 is 2.00 bits per heavy atom. The van der Waals surface area contributed by atoms with Gasteiger partial charge in [0.2, 0.25) is 0 Å². The second kappa shape index (κ2) is 7.48. The first-order valence-corrected chi connectivity index (χ1v) is 7.62. The van der Waals surface area contributed by atoms with Gasteiger partial charge in [0, 0.05) is 19.6 Å². The number of carbonyl (C=O) groups is 1. The maximum absolute atomic E-state index is 13.9. The Morgan fingerprint density at radius 3 is 2.50 bits per heavy atom. The molecule has 1 heterocycles. The van der Waals surface area contributed by atoms with E-state index in [9.17, 15) is 27.5 Å². The Kier molecular flexibility index (Phi) is 5.82. The zero-order chi connectivity index (χ0) is 17.9. The van der Waals surface area contributed by atoms with Gasteiger partial charge in [-0.25, -0.2) is 4.39 Å². The normalized spacial score (nSPS) is 18.4. The number of hydrogen-bond donors (Lipinski definition) is 1. The number of rotatable bonds is 5. The van der Waals surface area contributed by atoms with Gasteiger partial charge in [0.05, 0.1) is 12.0 Å². The summed E-state index contributed by atoms with van der Waals surface area (Å²) < 4.78 is 54.0. The molecule has 0 saturated carbocycles. The molecule has 1 aliphatic heterocycles. The van der Waals surface area contributed by atoms with Gasteiger partial charge in [-0.15, -0.1) is 13.2 Å². The molecule has 0 aromatic heterocycles. The number of ketones is 1. The van der Waals surface area contributed by atoms with Crippen molar-refractivity contribution in [1.82, 2.24) is 4.90 Å². The van der Waals surface area contributed by atoms with E-state index in [2.05, 4.69) is 4.74 Å². The molecule has 24 heavy (non-hydrogen) atoms. The van der Waals surface area contributed by atoms with Crippen molar-refractivity contribution in [3.05, 3.63) is 29.6 Å². The number of aliphatic hydroxyl groups is 1. The van der Waals surface area contributed by atoms with Crippen LogP contribution in [0.15, 0.2) is 18.2 Å². The van der Waals surface area contributed by atoms with Crippen LogP contribution < -0.4 is 4.74 Å². The van der Waals surface area contributed by atoms with Crippen molar-refractivity contribution in [2.45, 2.75) is 38.1 Å². The average molecular weight is 349 g/mol. The van der Waals surface area contributed by atoms with E-state index in [-0.39, 0.29) is 11.9 Å². The molecule has 1 saturated heterocycles. The maximum Gasteiger partial charge on any atom is 0.573 e. The van der Waals surface area contributed by atoms with E-state index in [0.717, 1.165) is 12.1 Å².